The lowest BCUT2D eigenvalue weighted by molar-refractivity contribution is 0.0545. The average molecular weight is 232 g/mol. The normalized spacial score (nSPS) is 23.2. The van der Waals surface area contributed by atoms with Crippen LogP contribution in [-0.2, 0) is 11.3 Å². The molecule has 2 heterocycles. The van der Waals surface area contributed by atoms with E-state index in [1.165, 1.54) is 0 Å². The topological polar surface area (TPSA) is 55.6 Å². The Hall–Kier alpha value is -1.55. The number of amides is 1. The first-order chi connectivity index (χ1) is 8.24. The molecule has 2 N–H and O–H groups in total. The zero-order valence-electron chi connectivity index (χ0n) is 9.69. The van der Waals surface area contributed by atoms with E-state index in [1.54, 1.807) is 6.07 Å². The third kappa shape index (κ3) is 1.89. The van der Waals surface area contributed by atoms with Gasteiger partial charge in [0.05, 0.1) is 6.10 Å². The fourth-order valence-corrected chi connectivity index (χ4v) is 2.56. The Morgan fingerprint density at radius 1 is 1.47 bits per heavy atom. The molecule has 4 heteroatoms. The summed E-state index contributed by atoms with van der Waals surface area (Å²) in [6, 6.07) is 5.56. The highest BCUT2D eigenvalue weighted by Crippen LogP contribution is 2.26. The second-order valence-corrected chi connectivity index (χ2v) is 4.74. The predicted octanol–water partition coefficient (Wildman–Crippen LogP) is 1.40. The van der Waals surface area contributed by atoms with Gasteiger partial charge in [-0.2, -0.15) is 0 Å². The monoisotopic (exact) mass is 232 g/mol. The van der Waals surface area contributed by atoms with Crippen molar-refractivity contribution in [2.45, 2.75) is 25.5 Å². The van der Waals surface area contributed by atoms with Crippen LogP contribution in [0.25, 0.3) is 0 Å². The van der Waals surface area contributed by atoms with E-state index in [0.717, 1.165) is 30.6 Å². The Morgan fingerprint density at radius 3 is 3.12 bits per heavy atom. The van der Waals surface area contributed by atoms with Gasteiger partial charge in [-0.1, -0.05) is 6.07 Å². The van der Waals surface area contributed by atoms with Crippen LogP contribution in [0, 0.1) is 0 Å². The number of fused-ring (bicyclic) bond motifs is 1. The van der Waals surface area contributed by atoms with Gasteiger partial charge in [-0.15, -0.1) is 0 Å². The summed E-state index contributed by atoms with van der Waals surface area (Å²) < 4.78 is 5.57. The van der Waals surface area contributed by atoms with E-state index < -0.39 is 0 Å². The molecule has 0 radical (unpaired) electrons. The van der Waals surface area contributed by atoms with Gasteiger partial charge < -0.3 is 15.4 Å². The first-order valence-corrected chi connectivity index (χ1v) is 6.03. The van der Waals surface area contributed by atoms with Crippen molar-refractivity contribution in [3.05, 3.63) is 29.3 Å². The van der Waals surface area contributed by atoms with Crippen LogP contribution in [0.1, 0.15) is 28.8 Å². The number of rotatable bonds is 2. The molecule has 2 aliphatic heterocycles. The molecule has 0 saturated carbocycles. The van der Waals surface area contributed by atoms with Gasteiger partial charge in [0.25, 0.3) is 5.91 Å². The van der Waals surface area contributed by atoms with Crippen LogP contribution in [0.2, 0.25) is 0 Å². The number of anilines is 1. The maximum Gasteiger partial charge on any atom is 0.254 e. The van der Waals surface area contributed by atoms with E-state index in [1.807, 2.05) is 17.0 Å². The lowest BCUT2D eigenvalue weighted by Gasteiger charge is -2.19. The molecule has 3 rings (SSSR count). The van der Waals surface area contributed by atoms with Crippen LogP contribution < -0.4 is 5.73 Å². The minimum atomic E-state index is 0.0859. The van der Waals surface area contributed by atoms with Crippen molar-refractivity contribution in [1.29, 1.82) is 0 Å². The summed E-state index contributed by atoms with van der Waals surface area (Å²) in [5.41, 5.74) is 8.18. The molecule has 4 nitrogen and oxygen atoms in total. The largest absolute Gasteiger partial charge is 0.399 e. The highest BCUT2D eigenvalue weighted by molar-refractivity contribution is 5.99. The first-order valence-electron chi connectivity index (χ1n) is 6.03. The molecular formula is C13H16N2O2. The number of carbonyl (C=O) groups excluding carboxylic acids is 1. The molecule has 1 unspecified atom stereocenters. The molecule has 1 aromatic rings. The van der Waals surface area contributed by atoms with E-state index in [0.29, 0.717) is 18.8 Å². The summed E-state index contributed by atoms with van der Waals surface area (Å²) in [5, 5.41) is 0. The number of benzene rings is 1. The summed E-state index contributed by atoms with van der Waals surface area (Å²) in [6.45, 7) is 2.22. The Balaban J connectivity index is 1.76. The van der Waals surface area contributed by atoms with E-state index in [4.69, 9.17) is 10.5 Å². The van der Waals surface area contributed by atoms with E-state index >= 15 is 0 Å². The number of nitrogens with two attached hydrogens (primary N) is 1. The Morgan fingerprint density at radius 2 is 2.35 bits per heavy atom. The molecule has 1 fully saturated rings. The second kappa shape index (κ2) is 4.04. The SMILES string of the molecule is Nc1ccc2c(c1)C(=O)N(CC1CCCO1)C2. The number of carbonyl (C=O) groups is 1. The third-order valence-electron chi connectivity index (χ3n) is 3.46. The van der Waals surface area contributed by atoms with Gasteiger partial charge in [-0.25, -0.2) is 0 Å². The van der Waals surface area contributed by atoms with Crippen LogP contribution in [0.15, 0.2) is 18.2 Å². The lowest BCUT2D eigenvalue weighted by Crippen LogP contribution is -2.32. The van der Waals surface area contributed by atoms with Gasteiger partial charge in [0.1, 0.15) is 0 Å². The molecule has 1 aromatic carbocycles. The average Bonchev–Trinajstić information content (AvgIpc) is 2.91. The van der Waals surface area contributed by atoms with Crippen molar-refractivity contribution in [3.8, 4) is 0 Å². The summed E-state index contributed by atoms with van der Waals surface area (Å²) in [4.78, 5) is 14.0. The molecule has 0 spiro atoms. The fraction of sp³-hybridized carbons (Fsp3) is 0.462. The van der Waals surface area contributed by atoms with Gasteiger partial charge in [0, 0.05) is 30.9 Å². The highest BCUT2D eigenvalue weighted by atomic mass is 16.5. The number of nitrogens with zero attached hydrogens (tertiary/aromatic N) is 1. The predicted molar refractivity (Wildman–Crippen MR) is 64.6 cm³/mol. The second-order valence-electron chi connectivity index (χ2n) is 4.74. The zero-order valence-corrected chi connectivity index (χ0v) is 9.69. The Bertz CT molecular complexity index is 453. The minimum Gasteiger partial charge on any atom is -0.399 e. The van der Waals surface area contributed by atoms with Crippen LogP contribution in [0.4, 0.5) is 5.69 Å². The number of ether oxygens (including phenoxy) is 1. The van der Waals surface area contributed by atoms with Crippen LogP contribution >= 0.6 is 0 Å². The van der Waals surface area contributed by atoms with E-state index in [2.05, 4.69) is 0 Å². The third-order valence-corrected chi connectivity index (χ3v) is 3.46. The van der Waals surface area contributed by atoms with Gasteiger partial charge in [-0.3, -0.25) is 4.79 Å². The van der Waals surface area contributed by atoms with Crippen molar-refractivity contribution in [3.63, 3.8) is 0 Å². The molecule has 0 aromatic heterocycles. The zero-order chi connectivity index (χ0) is 11.8. The summed E-state index contributed by atoms with van der Waals surface area (Å²) >= 11 is 0. The van der Waals surface area contributed by atoms with Crippen LogP contribution in [0.5, 0.6) is 0 Å². The molecule has 90 valence electrons. The van der Waals surface area contributed by atoms with Crippen molar-refractivity contribution in [1.82, 2.24) is 4.90 Å². The van der Waals surface area contributed by atoms with E-state index in [9.17, 15) is 4.79 Å². The van der Waals surface area contributed by atoms with Gasteiger partial charge >= 0.3 is 0 Å². The minimum absolute atomic E-state index is 0.0859. The Labute approximate surface area is 100 Å². The molecule has 2 aliphatic rings. The van der Waals surface area contributed by atoms with Gasteiger partial charge in [-0.05, 0) is 30.5 Å². The van der Waals surface area contributed by atoms with Crippen molar-refractivity contribution in [2.75, 3.05) is 18.9 Å². The molecule has 1 amide bonds. The Kier molecular flexibility index (Phi) is 2.52. The van der Waals surface area contributed by atoms with E-state index in [-0.39, 0.29) is 12.0 Å². The maximum atomic E-state index is 12.2. The number of hydrogen-bond acceptors (Lipinski definition) is 3. The molecular weight excluding hydrogens is 216 g/mol. The first kappa shape index (κ1) is 10.6. The van der Waals surface area contributed by atoms with Crippen LogP contribution in [0.3, 0.4) is 0 Å². The fourth-order valence-electron chi connectivity index (χ4n) is 2.56. The summed E-state index contributed by atoms with van der Waals surface area (Å²) in [5.74, 6) is 0.0859. The standard InChI is InChI=1S/C13H16N2O2/c14-10-4-3-9-7-15(13(16)12(9)6-10)8-11-2-1-5-17-11/h3-4,6,11H,1-2,5,7-8,14H2. The quantitative estimate of drug-likeness (QED) is 0.784. The molecule has 0 bridgehead atoms. The van der Waals surface area contributed by atoms with Gasteiger partial charge in [0.15, 0.2) is 0 Å². The molecule has 1 saturated heterocycles. The molecule has 1 atom stereocenters. The number of hydrogen-bond donors (Lipinski definition) is 1. The lowest BCUT2D eigenvalue weighted by atomic mass is 10.1. The highest BCUT2D eigenvalue weighted by Gasteiger charge is 2.30. The maximum absolute atomic E-state index is 12.2. The summed E-state index contributed by atoms with van der Waals surface area (Å²) in [6.07, 6.45) is 2.38. The number of nitrogen functional groups attached to an aromatic ring is 1. The smallest absolute Gasteiger partial charge is 0.254 e. The van der Waals surface area contributed by atoms with Crippen molar-refractivity contribution >= 4 is 11.6 Å². The van der Waals surface area contributed by atoms with Crippen molar-refractivity contribution in [2.24, 2.45) is 0 Å². The van der Waals surface area contributed by atoms with Gasteiger partial charge in [0.2, 0.25) is 0 Å². The van der Waals surface area contributed by atoms with Crippen molar-refractivity contribution < 1.29 is 9.53 Å². The molecule has 0 aliphatic carbocycles. The van der Waals surface area contributed by atoms with Crippen LogP contribution in [-0.4, -0.2) is 30.1 Å². The molecule has 17 heavy (non-hydrogen) atoms. The summed E-state index contributed by atoms with van der Waals surface area (Å²) in [7, 11) is 0.